The van der Waals surface area contributed by atoms with Gasteiger partial charge < -0.3 is 14.1 Å². The van der Waals surface area contributed by atoms with Crippen molar-refractivity contribution in [2.75, 3.05) is 26.2 Å². The quantitative estimate of drug-likeness (QED) is 0.705. The van der Waals surface area contributed by atoms with E-state index in [4.69, 9.17) is 9.15 Å². The van der Waals surface area contributed by atoms with E-state index in [1.807, 2.05) is 35.2 Å². The van der Waals surface area contributed by atoms with Gasteiger partial charge in [0.25, 0.3) is 5.91 Å². The van der Waals surface area contributed by atoms with Crippen LogP contribution in [0, 0.1) is 0 Å². The van der Waals surface area contributed by atoms with Crippen molar-refractivity contribution >= 4 is 21.8 Å². The minimum Gasteiger partial charge on any atom is -0.486 e. The van der Waals surface area contributed by atoms with Gasteiger partial charge in [-0.2, -0.15) is 0 Å². The van der Waals surface area contributed by atoms with Crippen LogP contribution in [0.4, 0.5) is 0 Å². The lowest BCUT2D eigenvalue weighted by molar-refractivity contribution is 0.0541. The molecular formula is C21H25BrN2O3. The Balaban J connectivity index is 1.29. The maximum atomic E-state index is 12.7. The van der Waals surface area contributed by atoms with Crippen molar-refractivity contribution in [3.63, 3.8) is 0 Å². The molecule has 0 atom stereocenters. The number of carbonyl (C=O) groups excluding carboxylic acids is 1. The van der Waals surface area contributed by atoms with E-state index in [-0.39, 0.29) is 5.91 Å². The zero-order valence-electron chi connectivity index (χ0n) is 15.4. The van der Waals surface area contributed by atoms with Gasteiger partial charge in [-0.25, -0.2) is 0 Å². The van der Waals surface area contributed by atoms with Crippen LogP contribution in [0.15, 0.2) is 45.3 Å². The van der Waals surface area contributed by atoms with Crippen LogP contribution < -0.4 is 4.74 Å². The number of halogens is 1. The maximum absolute atomic E-state index is 12.7. The van der Waals surface area contributed by atoms with Gasteiger partial charge in [0.1, 0.15) is 18.1 Å². The highest BCUT2D eigenvalue weighted by molar-refractivity contribution is 9.10. The molecule has 4 rings (SSSR count). The topological polar surface area (TPSA) is 45.9 Å². The first kappa shape index (κ1) is 18.6. The Kier molecular flexibility index (Phi) is 5.83. The van der Waals surface area contributed by atoms with E-state index in [9.17, 15) is 4.79 Å². The molecule has 0 radical (unpaired) electrons. The molecule has 5 nitrogen and oxygen atoms in total. The second-order valence-corrected chi connectivity index (χ2v) is 8.19. The van der Waals surface area contributed by atoms with Crippen LogP contribution in [0.25, 0.3) is 0 Å². The molecule has 1 aromatic carbocycles. The highest BCUT2D eigenvalue weighted by Crippen LogP contribution is 2.25. The monoisotopic (exact) mass is 432 g/mol. The van der Waals surface area contributed by atoms with Gasteiger partial charge in [0.15, 0.2) is 5.76 Å². The Morgan fingerprint density at radius 1 is 1.11 bits per heavy atom. The standard InChI is InChI=1S/C21H25BrN2O3/c22-16-4-3-7-18(14-16)26-15-19-8-9-20(27-19)21(25)24-12-10-23(11-13-24)17-5-1-2-6-17/h3-4,7-9,14,17H,1-2,5-6,10-13,15H2. The van der Waals surface area contributed by atoms with Crippen LogP contribution in [-0.2, 0) is 6.61 Å². The van der Waals surface area contributed by atoms with Gasteiger partial charge in [0.2, 0.25) is 0 Å². The van der Waals surface area contributed by atoms with Gasteiger partial charge >= 0.3 is 0 Å². The maximum Gasteiger partial charge on any atom is 0.289 e. The van der Waals surface area contributed by atoms with Crippen molar-refractivity contribution < 1.29 is 13.9 Å². The second-order valence-electron chi connectivity index (χ2n) is 7.28. The van der Waals surface area contributed by atoms with E-state index in [0.717, 1.165) is 42.4 Å². The van der Waals surface area contributed by atoms with Gasteiger partial charge in [-0.1, -0.05) is 34.8 Å². The van der Waals surface area contributed by atoms with Crippen LogP contribution in [0.5, 0.6) is 5.75 Å². The molecule has 1 amide bonds. The van der Waals surface area contributed by atoms with Crippen LogP contribution in [-0.4, -0.2) is 47.9 Å². The molecule has 0 spiro atoms. The molecule has 144 valence electrons. The van der Waals surface area contributed by atoms with Crippen molar-refractivity contribution in [1.29, 1.82) is 0 Å². The van der Waals surface area contributed by atoms with E-state index in [1.165, 1.54) is 25.7 Å². The van der Waals surface area contributed by atoms with Gasteiger partial charge in [0, 0.05) is 36.7 Å². The lowest BCUT2D eigenvalue weighted by Gasteiger charge is -2.37. The predicted molar refractivity (Wildman–Crippen MR) is 107 cm³/mol. The zero-order valence-corrected chi connectivity index (χ0v) is 17.0. The fourth-order valence-corrected chi connectivity index (χ4v) is 4.38. The fourth-order valence-electron chi connectivity index (χ4n) is 4.00. The summed E-state index contributed by atoms with van der Waals surface area (Å²) in [6, 6.07) is 12.0. The summed E-state index contributed by atoms with van der Waals surface area (Å²) in [5, 5.41) is 0. The number of hydrogen-bond donors (Lipinski definition) is 0. The molecule has 0 unspecified atom stereocenters. The minimum atomic E-state index is -0.0187. The van der Waals surface area contributed by atoms with E-state index >= 15 is 0 Å². The normalized spacial score (nSPS) is 18.8. The van der Waals surface area contributed by atoms with E-state index in [1.54, 1.807) is 6.07 Å². The van der Waals surface area contributed by atoms with Gasteiger partial charge in [0.05, 0.1) is 0 Å². The largest absolute Gasteiger partial charge is 0.486 e. The van der Waals surface area contributed by atoms with Crippen LogP contribution >= 0.6 is 15.9 Å². The van der Waals surface area contributed by atoms with E-state index in [0.29, 0.717) is 18.1 Å². The van der Waals surface area contributed by atoms with E-state index in [2.05, 4.69) is 20.8 Å². The van der Waals surface area contributed by atoms with E-state index < -0.39 is 0 Å². The molecule has 1 aliphatic heterocycles. The Bertz CT molecular complexity index is 777. The Labute approximate surface area is 168 Å². The summed E-state index contributed by atoms with van der Waals surface area (Å²) in [5.74, 6) is 1.80. The van der Waals surface area contributed by atoms with Crippen molar-refractivity contribution in [2.45, 2.75) is 38.3 Å². The predicted octanol–water partition coefficient (Wildman–Crippen LogP) is 4.32. The first-order valence-corrected chi connectivity index (χ1v) is 10.5. The molecule has 6 heteroatoms. The molecule has 27 heavy (non-hydrogen) atoms. The molecule has 2 heterocycles. The first-order chi connectivity index (χ1) is 13.2. The molecule has 1 aromatic heterocycles. The number of carbonyl (C=O) groups is 1. The van der Waals surface area contributed by atoms with Crippen LogP contribution in [0.3, 0.4) is 0 Å². The average Bonchev–Trinajstić information content (AvgIpc) is 3.38. The average molecular weight is 433 g/mol. The Hall–Kier alpha value is -1.79. The highest BCUT2D eigenvalue weighted by atomic mass is 79.9. The lowest BCUT2D eigenvalue weighted by Crippen LogP contribution is -2.51. The molecule has 1 saturated heterocycles. The minimum absolute atomic E-state index is 0.0187. The molecule has 1 saturated carbocycles. The number of amides is 1. The number of piperazine rings is 1. The Morgan fingerprint density at radius 2 is 1.89 bits per heavy atom. The molecule has 2 aliphatic rings. The number of nitrogens with zero attached hydrogens (tertiary/aromatic N) is 2. The number of benzene rings is 1. The summed E-state index contributed by atoms with van der Waals surface area (Å²) >= 11 is 3.42. The number of furan rings is 1. The van der Waals surface area contributed by atoms with Gasteiger partial charge in [-0.15, -0.1) is 0 Å². The van der Waals surface area contributed by atoms with Gasteiger partial charge in [-0.05, 0) is 43.2 Å². The summed E-state index contributed by atoms with van der Waals surface area (Å²) in [6.45, 7) is 3.80. The zero-order chi connectivity index (χ0) is 18.6. The number of ether oxygens (including phenoxy) is 1. The van der Waals surface area contributed by atoms with Crippen molar-refractivity contribution in [3.8, 4) is 5.75 Å². The third-order valence-corrected chi connectivity index (χ3v) is 5.99. The summed E-state index contributed by atoms with van der Waals surface area (Å²) in [5.41, 5.74) is 0. The molecular weight excluding hydrogens is 408 g/mol. The van der Waals surface area contributed by atoms with Gasteiger partial charge in [-0.3, -0.25) is 9.69 Å². The molecule has 2 fully saturated rings. The molecule has 0 N–H and O–H groups in total. The SMILES string of the molecule is O=C(c1ccc(COc2cccc(Br)c2)o1)N1CCN(C2CCCC2)CC1. The number of hydrogen-bond acceptors (Lipinski definition) is 4. The summed E-state index contributed by atoms with van der Waals surface area (Å²) in [6.07, 6.45) is 5.32. The van der Waals surface area contributed by atoms with Crippen LogP contribution in [0.2, 0.25) is 0 Å². The summed E-state index contributed by atoms with van der Waals surface area (Å²) < 4.78 is 12.4. The third kappa shape index (κ3) is 4.55. The summed E-state index contributed by atoms with van der Waals surface area (Å²) in [7, 11) is 0. The van der Waals surface area contributed by atoms with Crippen molar-refractivity contribution in [1.82, 2.24) is 9.80 Å². The smallest absolute Gasteiger partial charge is 0.289 e. The van der Waals surface area contributed by atoms with Crippen molar-refractivity contribution in [2.24, 2.45) is 0 Å². The molecule has 0 bridgehead atoms. The number of rotatable bonds is 5. The molecule has 2 aromatic rings. The second kappa shape index (κ2) is 8.48. The molecule has 1 aliphatic carbocycles. The Morgan fingerprint density at radius 3 is 2.63 bits per heavy atom. The summed E-state index contributed by atoms with van der Waals surface area (Å²) in [4.78, 5) is 17.2. The van der Waals surface area contributed by atoms with Crippen LogP contribution in [0.1, 0.15) is 42.0 Å². The first-order valence-electron chi connectivity index (χ1n) is 9.69. The highest BCUT2D eigenvalue weighted by Gasteiger charge is 2.29. The lowest BCUT2D eigenvalue weighted by atomic mass is 10.2. The third-order valence-electron chi connectivity index (χ3n) is 5.49. The fraction of sp³-hybridized carbons (Fsp3) is 0.476. The van der Waals surface area contributed by atoms with Crippen molar-refractivity contribution in [3.05, 3.63) is 52.4 Å².